The Kier molecular flexibility index (Phi) is 5.47. The highest BCUT2D eigenvalue weighted by atomic mass is 35.5. The third kappa shape index (κ3) is 4.15. The fourth-order valence-electron chi connectivity index (χ4n) is 1.80. The first kappa shape index (κ1) is 17.1. The molecular formula is C16H14Cl2N2O3. The number of nitrogens with zero attached hydrogens (tertiary/aromatic N) is 1. The van der Waals surface area contributed by atoms with Crippen molar-refractivity contribution in [3.05, 3.63) is 57.6 Å². The number of nitrogens with one attached hydrogen (secondary N) is 1. The predicted octanol–water partition coefficient (Wildman–Crippen LogP) is 3.86. The number of halogens is 2. The summed E-state index contributed by atoms with van der Waals surface area (Å²) < 4.78 is 5.04. The number of hydrazone groups is 1. The third-order valence-corrected chi connectivity index (χ3v) is 3.84. The molecule has 0 fully saturated rings. The number of carbonyl (C=O) groups is 1. The maximum absolute atomic E-state index is 12.0. The van der Waals surface area contributed by atoms with Gasteiger partial charge in [-0.25, -0.2) is 5.43 Å². The van der Waals surface area contributed by atoms with Gasteiger partial charge in [0.15, 0.2) is 11.5 Å². The zero-order valence-corrected chi connectivity index (χ0v) is 13.9. The van der Waals surface area contributed by atoms with Gasteiger partial charge in [0, 0.05) is 11.1 Å². The summed E-state index contributed by atoms with van der Waals surface area (Å²) in [6, 6.07) is 9.35. The SMILES string of the molecule is COc1cc(/C(C)=N/NC(=O)c2ccc(Cl)c(Cl)c2)ccc1O. The Morgan fingerprint density at radius 3 is 2.48 bits per heavy atom. The molecule has 0 unspecified atom stereocenters. The van der Waals surface area contributed by atoms with Crippen LogP contribution in [0.25, 0.3) is 0 Å². The number of amides is 1. The smallest absolute Gasteiger partial charge is 0.271 e. The minimum atomic E-state index is -0.409. The summed E-state index contributed by atoms with van der Waals surface area (Å²) in [6.45, 7) is 1.72. The van der Waals surface area contributed by atoms with Gasteiger partial charge in [-0.1, -0.05) is 23.2 Å². The number of hydrogen-bond acceptors (Lipinski definition) is 4. The van der Waals surface area contributed by atoms with Gasteiger partial charge in [-0.15, -0.1) is 0 Å². The van der Waals surface area contributed by atoms with Crippen molar-refractivity contribution < 1.29 is 14.6 Å². The maximum atomic E-state index is 12.0. The van der Waals surface area contributed by atoms with Gasteiger partial charge in [0.1, 0.15) is 0 Å². The molecule has 0 bridgehead atoms. The average molecular weight is 353 g/mol. The maximum Gasteiger partial charge on any atom is 0.271 e. The molecule has 0 aromatic heterocycles. The minimum Gasteiger partial charge on any atom is -0.504 e. The highest BCUT2D eigenvalue weighted by Crippen LogP contribution is 2.26. The van der Waals surface area contributed by atoms with Crippen LogP contribution in [0.15, 0.2) is 41.5 Å². The van der Waals surface area contributed by atoms with Gasteiger partial charge in [-0.2, -0.15) is 5.10 Å². The van der Waals surface area contributed by atoms with Crippen molar-refractivity contribution in [1.29, 1.82) is 0 Å². The summed E-state index contributed by atoms with van der Waals surface area (Å²) in [5.41, 5.74) is 4.04. The van der Waals surface area contributed by atoms with Crippen LogP contribution in [0.5, 0.6) is 11.5 Å². The average Bonchev–Trinajstić information content (AvgIpc) is 2.55. The number of methoxy groups -OCH3 is 1. The standard InChI is InChI=1S/C16H14Cl2N2O3/c1-9(10-4-6-14(21)15(8-10)23-2)19-20-16(22)11-3-5-12(17)13(18)7-11/h3-8,21H,1-2H3,(H,20,22)/b19-9+. The molecule has 2 rings (SSSR count). The van der Waals surface area contributed by atoms with Crippen LogP contribution >= 0.6 is 23.2 Å². The molecule has 0 heterocycles. The summed E-state index contributed by atoms with van der Waals surface area (Å²) in [4.78, 5) is 12.0. The van der Waals surface area contributed by atoms with Crippen LogP contribution in [0.3, 0.4) is 0 Å². The van der Waals surface area contributed by atoms with Crippen molar-refractivity contribution >= 4 is 34.8 Å². The molecule has 0 saturated carbocycles. The van der Waals surface area contributed by atoms with Crippen LogP contribution in [0.4, 0.5) is 0 Å². The normalized spacial score (nSPS) is 11.2. The lowest BCUT2D eigenvalue weighted by Gasteiger charge is -2.07. The molecule has 0 aliphatic carbocycles. The van der Waals surface area contributed by atoms with E-state index in [9.17, 15) is 9.90 Å². The molecule has 0 radical (unpaired) electrons. The number of ether oxygens (including phenoxy) is 1. The first-order valence-corrected chi connectivity index (χ1v) is 7.35. The van der Waals surface area contributed by atoms with E-state index in [1.165, 1.54) is 19.2 Å². The Balaban J connectivity index is 2.15. The molecule has 2 N–H and O–H groups in total. The summed E-state index contributed by atoms with van der Waals surface area (Å²) in [6.07, 6.45) is 0. The molecule has 2 aromatic rings. The molecule has 0 aliphatic heterocycles. The van der Waals surface area contributed by atoms with Crippen molar-refractivity contribution in [3.8, 4) is 11.5 Å². The first-order valence-electron chi connectivity index (χ1n) is 6.59. The minimum absolute atomic E-state index is 0.0314. The third-order valence-electron chi connectivity index (χ3n) is 3.10. The lowest BCUT2D eigenvalue weighted by Crippen LogP contribution is -2.19. The fourth-order valence-corrected chi connectivity index (χ4v) is 2.10. The molecule has 7 heteroatoms. The number of rotatable bonds is 4. The van der Waals surface area contributed by atoms with Crippen LogP contribution in [0.2, 0.25) is 10.0 Å². The lowest BCUT2D eigenvalue weighted by molar-refractivity contribution is 0.0955. The van der Waals surface area contributed by atoms with Crippen molar-refractivity contribution in [1.82, 2.24) is 5.43 Å². The number of benzene rings is 2. The Morgan fingerprint density at radius 2 is 1.83 bits per heavy atom. The number of hydrogen-bond donors (Lipinski definition) is 2. The summed E-state index contributed by atoms with van der Waals surface area (Å²) >= 11 is 11.7. The molecule has 23 heavy (non-hydrogen) atoms. The molecule has 120 valence electrons. The Labute approximate surface area is 143 Å². The molecule has 0 atom stereocenters. The summed E-state index contributed by atoms with van der Waals surface area (Å²) in [7, 11) is 1.46. The quantitative estimate of drug-likeness (QED) is 0.648. The zero-order chi connectivity index (χ0) is 17.0. The molecule has 0 saturated heterocycles. The molecule has 0 spiro atoms. The largest absolute Gasteiger partial charge is 0.504 e. The molecule has 0 aliphatic rings. The van der Waals surface area contributed by atoms with E-state index in [1.54, 1.807) is 31.2 Å². The van der Waals surface area contributed by atoms with Crippen LogP contribution in [-0.2, 0) is 0 Å². The van der Waals surface area contributed by atoms with E-state index in [1.807, 2.05) is 0 Å². The number of phenols is 1. The fraction of sp³-hybridized carbons (Fsp3) is 0.125. The number of carbonyl (C=O) groups excluding carboxylic acids is 1. The topological polar surface area (TPSA) is 70.9 Å². The van der Waals surface area contributed by atoms with Crippen LogP contribution in [-0.4, -0.2) is 23.8 Å². The summed E-state index contributed by atoms with van der Waals surface area (Å²) in [5.74, 6) is -0.0505. The van der Waals surface area contributed by atoms with E-state index < -0.39 is 5.91 Å². The second-order valence-corrected chi connectivity index (χ2v) is 5.47. The first-order chi connectivity index (χ1) is 10.9. The number of aromatic hydroxyl groups is 1. The Hall–Kier alpha value is -2.24. The van der Waals surface area contributed by atoms with Gasteiger partial charge in [-0.05, 0) is 43.3 Å². The number of phenolic OH excluding ortho intramolecular Hbond substituents is 1. The van der Waals surface area contributed by atoms with Crippen LogP contribution in [0.1, 0.15) is 22.8 Å². The molecular weight excluding hydrogens is 339 g/mol. The highest BCUT2D eigenvalue weighted by molar-refractivity contribution is 6.42. The van der Waals surface area contributed by atoms with Gasteiger partial charge in [-0.3, -0.25) is 4.79 Å². The van der Waals surface area contributed by atoms with E-state index in [0.717, 1.165) is 0 Å². The van der Waals surface area contributed by atoms with Crippen LogP contribution in [0, 0.1) is 0 Å². The van der Waals surface area contributed by atoms with Crippen molar-refractivity contribution in [2.24, 2.45) is 5.10 Å². The van der Waals surface area contributed by atoms with Crippen molar-refractivity contribution in [3.63, 3.8) is 0 Å². The van der Waals surface area contributed by atoms with Gasteiger partial charge in [0.2, 0.25) is 0 Å². The monoisotopic (exact) mass is 352 g/mol. The second kappa shape index (κ2) is 7.35. The van der Waals surface area contributed by atoms with Crippen molar-refractivity contribution in [2.75, 3.05) is 7.11 Å². The highest BCUT2D eigenvalue weighted by Gasteiger charge is 2.09. The van der Waals surface area contributed by atoms with E-state index >= 15 is 0 Å². The van der Waals surface area contributed by atoms with Gasteiger partial charge in [0.25, 0.3) is 5.91 Å². The second-order valence-electron chi connectivity index (χ2n) is 4.65. The molecule has 2 aromatic carbocycles. The van der Waals surface area contributed by atoms with Gasteiger partial charge >= 0.3 is 0 Å². The predicted molar refractivity (Wildman–Crippen MR) is 90.8 cm³/mol. The summed E-state index contributed by atoms with van der Waals surface area (Å²) in [5, 5.41) is 14.3. The Morgan fingerprint density at radius 1 is 1.13 bits per heavy atom. The molecule has 1 amide bonds. The van der Waals surface area contributed by atoms with E-state index in [0.29, 0.717) is 32.6 Å². The zero-order valence-electron chi connectivity index (χ0n) is 12.4. The van der Waals surface area contributed by atoms with E-state index in [4.69, 9.17) is 27.9 Å². The van der Waals surface area contributed by atoms with Gasteiger partial charge < -0.3 is 9.84 Å². The Bertz CT molecular complexity index is 776. The lowest BCUT2D eigenvalue weighted by atomic mass is 10.1. The van der Waals surface area contributed by atoms with E-state index in [2.05, 4.69) is 10.5 Å². The van der Waals surface area contributed by atoms with Gasteiger partial charge in [0.05, 0.1) is 22.9 Å². The van der Waals surface area contributed by atoms with E-state index in [-0.39, 0.29) is 5.75 Å². The molecule has 5 nitrogen and oxygen atoms in total. The van der Waals surface area contributed by atoms with Crippen molar-refractivity contribution in [2.45, 2.75) is 6.92 Å². The van der Waals surface area contributed by atoms with Crippen LogP contribution < -0.4 is 10.2 Å².